The van der Waals surface area contributed by atoms with Gasteiger partial charge in [0.15, 0.2) is 0 Å². The molecule has 94 valence electrons. The maximum absolute atomic E-state index is 11.6. The Morgan fingerprint density at radius 3 is 2.47 bits per heavy atom. The van der Waals surface area contributed by atoms with Crippen LogP contribution in [-0.2, 0) is 4.79 Å². The van der Waals surface area contributed by atoms with Gasteiger partial charge in [0.05, 0.1) is 12.4 Å². The molecule has 1 rings (SSSR count). The molecule has 1 aromatic rings. The quantitative estimate of drug-likeness (QED) is 0.730. The normalized spacial score (nSPS) is 10.1. The van der Waals surface area contributed by atoms with Gasteiger partial charge in [-0.05, 0) is 38.1 Å². The number of hydrogen-bond donors (Lipinski definition) is 0. The molecular formula is C13H19NO2S. The van der Waals surface area contributed by atoms with Crippen LogP contribution < -0.4 is 4.74 Å². The van der Waals surface area contributed by atoms with Crippen LogP contribution in [0.1, 0.15) is 13.8 Å². The molecular weight excluding hydrogens is 234 g/mol. The van der Waals surface area contributed by atoms with Crippen molar-refractivity contribution < 1.29 is 9.53 Å². The van der Waals surface area contributed by atoms with E-state index in [4.69, 9.17) is 4.74 Å². The largest absolute Gasteiger partial charge is 0.494 e. The van der Waals surface area contributed by atoms with Crippen LogP contribution >= 0.6 is 11.8 Å². The lowest BCUT2D eigenvalue weighted by molar-refractivity contribution is -0.126. The Morgan fingerprint density at radius 1 is 1.29 bits per heavy atom. The predicted octanol–water partition coefficient (Wildman–Crippen LogP) is 2.66. The van der Waals surface area contributed by atoms with E-state index in [-0.39, 0.29) is 5.91 Å². The summed E-state index contributed by atoms with van der Waals surface area (Å²) in [5.74, 6) is 1.51. The fraction of sp³-hybridized carbons (Fsp3) is 0.462. The minimum Gasteiger partial charge on any atom is -0.494 e. The van der Waals surface area contributed by atoms with Crippen molar-refractivity contribution in [1.29, 1.82) is 0 Å². The zero-order valence-electron chi connectivity index (χ0n) is 10.6. The lowest BCUT2D eigenvalue weighted by atomic mass is 10.3. The molecule has 0 saturated heterocycles. The van der Waals surface area contributed by atoms with Gasteiger partial charge in [-0.3, -0.25) is 4.79 Å². The number of rotatable bonds is 6. The summed E-state index contributed by atoms with van der Waals surface area (Å²) in [6.45, 7) is 5.36. The van der Waals surface area contributed by atoms with Crippen LogP contribution in [0.2, 0.25) is 0 Å². The number of carbonyl (C=O) groups is 1. The fourth-order valence-corrected chi connectivity index (χ4v) is 2.07. The number of amides is 1. The Kier molecular flexibility index (Phi) is 5.91. The van der Waals surface area contributed by atoms with Gasteiger partial charge >= 0.3 is 0 Å². The van der Waals surface area contributed by atoms with E-state index in [1.165, 1.54) is 0 Å². The molecule has 1 amide bonds. The molecule has 0 bridgehead atoms. The second kappa shape index (κ2) is 7.22. The zero-order valence-corrected chi connectivity index (χ0v) is 11.4. The van der Waals surface area contributed by atoms with Gasteiger partial charge in [0.25, 0.3) is 0 Å². The van der Waals surface area contributed by atoms with Crippen molar-refractivity contribution in [1.82, 2.24) is 4.90 Å². The Hall–Kier alpha value is -1.16. The number of benzene rings is 1. The average molecular weight is 253 g/mol. The summed E-state index contributed by atoms with van der Waals surface area (Å²) < 4.78 is 5.36. The molecule has 0 unspecified atom stereocenters. The predicted molar refractivity (Wildman–Crippen MR) is 71.6 cm³/mol. The Bertz CT molecular complexity index is 351. The van der Waals surface area contributed by atoms with E-state index < -0.39 is 0 Å². The molecule has 0 atom stereocenters. The molecule has 4 heteroatoms. The molecule has 0 aliphatic carbocycles. The van der Waals surface area contributed by atoms with Crippen LogP contribution in [-0.4, -0.2) is 36.8 Å². The van der Waals surface area contributed by atoms with E-state index >= 15 is 0 Å². The summed E-state index contributed by atoms with van der Waals surface area (Å²) >= 11 is 1.55. The van der Waals surface area contributed by atoms with Crippen LogP contribution in [0.3, 0.4) is 0 Å². The first-order chi connectivity index (χ1) is 8.17. The molecule has 0 heterocycles. The average Bonchev–Trinajstić information content (AvgIpc) is 2.37. The maximum Gasteiger partial charge on any atom is 0.232 e. The van der Waals surface area contributed by atoms with Crippen molar-refractivity contribution in [3.05, 3.63) is 24.3 Å². The topological polar surface area (TPSA) is 29.5 Å². The number of ether oxygens (including phenoxy) is 1. The first kappa shape index (κ1) is 13.9. The summed E-state index contributed by atoms with van der Waals surface area (Å²) in [6, 6.07) is 7.82. The second-order valence-corrected chi connectivity index (χ2v) is 4.65. The van der Waals surface area contributed by atoms with Crippen LogP contribution in [0.5, 0.6) is 5.75 Å². The third kappa shape index (κ3) is 4.69. The Labute approximate surface area is 107 Å². The van der Waals surface area contributed by atoms with E-state index in [0.29, 0.717) is 12.4 Å². The molecule has 0 fully saturated rings. The second-order valence-electron chi connectivity index (χ2n) is 3.60. The van der Waals surface area contributed by atoms with Gasteiger partial charge in [-0.15, -0.1) is 11.8 Å². The third-order valence-corrected chi connectivity index (χ3v) is 3.39. The molecule has 0 N–H and O–H groups in total. The first-order valence-corrected chi connectivity index (χ1v) is 6.75. The van der Waals surface area contributed by atoms with E-state index in [2.05, 4.69) is 0 Å². The summed E-state index contributed by atoms with van der Waals surface area (Å²) in [4.78, 5) is 14.4. The molecule has 0 aliphatic heterocycles. The summed E-state index contributed by atoms with van der Waals surface area (Å²) in [5.41, 5.74) is 0. The number of hydrogen-bond acceptors (Lipinski definition) is 3. The lowest BCUT2D eigenvalue weighted by Crippen LogP contribution is -2.27. The van der Waals surface area contributed by atoms with Crippen LogP contribution in [0.4, 0.5) is 0 Å². The van der Waals surface area contributed by atoms with Crippen molar-refractivity contribution in [3.63, 3.8) is 0 Å². The van der Waals surface area contributed by atoms with E-state index in [0.717, 1.165) is 17.2 Å². The molecule has 3 nitrogen and oxygen atoms in total. The fourth-order valence-electron chi connectivity index (χ4n) is 1.23. The molecule has 0 aromatic heterocycles. The molecule has 1 aromatic carbocycles. The van der Waals surface area contributed by atoms with Crippen molar-refractivity contribution >= 4 is 17.7 Å². The molecule has 0 aliphatic rings. The highest BCUT2D eigenvalue weighted by Gasteiger charge is 2.06. The van der Waals surface area contributed by atoms with E-state index in [1.54, 1.807) is 16.7 Å². The zero-order chi connectivity index (χ0) is 12.7. The van der Waals surface area contributed by atoms with E-state index in [9.17, 15) is 4.79 Å². The summed E-state index contributed by atoms with van der Waals surface area (Å²) in [6.07, 6.45) is 0. The molecule has 0 saturated carbocycles. The van der Waals surface area contributed by atoms with Crippen molar-refractivity contribution in [2.45, 2.75) is 18.7 Å². The van der Waals surface area contributed by atoms with Crippen LogP contribution in [0, 0.1) is 0 Å². The maximum atomic E-state index is 11.6. The highest BCUT2D eigenvalue weighted by molar-refractivity contribution is 8.00. The van der Waals surface area contributed by atoms with Crippen molar-refractivity contribution in [2.75, 3.05) is 26.0 Å². The number of carbonyl (C=O) groups excluding carboxylic acids is 1. The van der Waals surface area contributed by atoms with Gasteiger partial charge in [0.2, 0.25) is 5.91 Å². The highest BCUT2D eigenvalue weighted by atomic mass is 32.2. The molecule has 0 radical (unpaired) electrons. The van der Waals surface area contributed by atoms with Crippen molar-refractivity contribution in [3.8, 4) is 5.75 Å². The minimum absolute atomic E-state index is 0.159. The van der Waals surface area contributed by atoms with Crippen LogP contribution in [0.25, 0.3) is 0 Å². The standard InChI is InChI=1S/C13H19NO2S/c1-4-14(3)13(15)10-17-12-8-6-11(7-9-12)16-5-2/h6-9H,4-5,10H2,1-3H3. The first-order valence-electron chi connectivity index (χ1n) is 5.77. The molecule has 0 spiro atoms. The Morgan fingerprint density at radius 2 is 1.94 bits per heavy atom. The van der Waals surface area contributed by atoms with Gasteiger partial charge in [0.1, 0.15) is 5.75 Å². The summed E-state index contributed by atoms with van der Waals surface area (Å²) in [5, 5.41) is 0. The van der Waals surface area contributed by atoms with Gasteiger partial charge in [-0.2, -0.15) is 0 Å². The van der Waals surface area contributed by atoms with Gasteiger partial charge < -0.3 is 9.64 Å². The number of thioether (sulfide) groups is 1. The third-order valence-electron chi connectivity index (χ3n) is 2.40. The number of nitrogens with zero attached hydrogens (tertiary/aromatic N) is 1. The van der Waals surface area contributed by atoms with Gasteiger partial charge in [-0.1, -0.05) is 0 Å². The Balaban J connectivity index is 2.44. The van der Waals surface area contributed by atoms with Gasteiger partial charge in [0, 0.05) is 18.5 Å². The summed E-state index contributed by atoms with van der Waals surface area (Å²) in [7, 11) is 1.82. The minimum atomic E-state index is 0.159. The smallest absolute Gasteiger partial charge is 0.232 e. The molecule has 17 heavy (non-hydrogen) atoms. The SMILES string of the molecule is CCOc1ccc(SCC(=O)N(C)CC)cc1. The highest BCUT2D eigenvalue weighted by Crippen LogP contribution is 2.21. The van der Waals surface area contributed by atoms with Crippen molar-refractivity contribution in [2.24, 2.45) is 0 Å². The van der Waals surface area contributed by atoms with Crippen LogP contribution in [0.15, 0.2) is 29.2 Å². The van der Waals surface area contributed by atoms with E-state index in [1.807, 2.05) is 45.2 Å². The lowest BCUT2D eigenvalue weighted by Gasteiger charge is -2.13. The van der Waals surface area contributed by atoms with Gasteiger partial charge in [-0.25, -0.2) is 0 Å². The monoisotopic (exact) mass is 253 g/mol.